The van der Waals surface area contributed by atoms with Gasteiger partial charge < -0.3 is 14.8 Å². The third-order valence-electron chi connectivity index (χ3n) is 4.26. The number of phenolic OH excluding ortho intramolecular Hbond substituents is 1. The van der Waals surface area contributed by atoms with E-state index >= 15 is 0 Å². The van der Waals surface area contributed by atoms with Crippen molar-refractivity contribution in [2.24, 2.45) is 0 Å². The van der Waals surface area contributed by atoms with Crippen molar-refractivity contribution >= 4 is 28.5 Å². The van der Waals surface area contributed by atoms with Gasteiger partial charge in [0.25, 0.3) is 0 Å². The number of hydrogen-bond acceptors (Lipinski definition) is 2. The second-order valence-electron chi connectivity index (χ2n) is 5.88. The molecule has 0 amide bonds. The second-order valence-corrected chi connectivity index (χ2v) is 6.29. The number of carboxylic acid groups (broad SMARTS) is 1. The summed E-state index contributed by atoms with van der Waals surface area (Å²) in [4.78, 5) is 11.1. The van der Waals surface area contributed by atoms with Crippen molar-refractivity contribution in [3.05, 3.63) is 63.6 Å². The Balaban J connectivity index is 2.25. The molecule has 0 aliphatic rings. The van der Waals surface area contributed by atoms with Crippen molar-refractivity contribution in [3.63, 3.8) is 0 Å². The van der Waals surface area contributed by atoms with E-state index < -0.39 is 35.6 Å². The summed E-state index contributed by atoms with van der Waals surface area (Å²) in [6, 6.07) is 5.04. The number of aromatic nitrogens is 1. The van der Waals surface area contributed by atoms with Crippen molar-refractivity contribution in [2.75, 3.05) is 0 Å². The lowest BCUT2D eigenvalue weighted by Crippen LogP contribution is -2.05. The number of carbonyl (C=O) groups is 1. The SMILES string of the molecule is Cc1c(CC(=O)O)c2c(F)c(O)c(F)cc2n1Cc1ccc(Cl)c(F)c1. The standard InChI is InChI=1S/C18H13ClF3NO3/c1-8-10(5-15(24)25)16-14(6-13(21)18(26)17(16)22)23(8)7-9-2-3-11(19)12(20)4-9/h2-4,6,26H,5,7H2,1H3,(H,24,25). The number of aromatic hydroxyl groups is 1. The number of benzene rings is 2. The van der Waals surface area contributed by atoms with Crippen molar-refractivity contribution in [3.8, 4) is 5.75 Å². The first-order valence-electron chi connectivity index (χ1n) is 7.55. The van der Waals surface area contributed by atoms with Crippen LogP contribution in [0, 0.1) is 24.4 Å². The fourth-order valence-corrected chi connectivity index (χ4v) is 3.13. The number of aliphatic carboxylic acids is 1. The number of fused-ring (bicyclic) bond motifs is 1. The first kappa shape index (κ1) is 18.1. The van der Waals surface area contributed by atoms with Gasteiger partial charge in [-0.3, -0.25) is 4.79 Å². The molecule has 0 unspecified atom stereocenters. The van der Waals surface area contributed by atoms with Gasteiger partial charge in [-0.2, -0.15) is 0 Å². The van der Waals surface area contributed by atoms with Crippen LogP contribution in [-0.2, 0) is 17.8 Å². The molecule has 0 fully saturated rings. The van der Waals surface area contributed by atoms with Crippen molar-refractivity contribution in [2.45, 2.75) is 19.9 Å². The topological polar surface area (TPSA) is 62.5 Å². The minimum absolute atomic E-state index is 0.0414. The number of phenols is 1. The molecule has 0 saturated carbocycles. The number of nitrogens with zero attached hydrogens (tertiary/aromatic N) is 1. The van der Waals surface area contributed by atoms with Gasteiger partial charge in [-0.05, 0) is 30.2 Å². The van der Waals surface area contributed by atoms with Crippen molar-refractivity contribution in [1.29, 1.82) is 0 Å². The largest absolute Gasteiger partial charge is 0.503 e. The summed E-state index contributed by atoms with van der Waals surface area (Å²) in [6.45, 7) is 1.60. The number of halogens is 4. The van der Waals surface area contributed by atoms with E-state index in [4.69, 9.17) is 16.7 Å². The lowest BCUT2D eigenvalue weighted by molar-refractivity contribution is -0.136. The van der Waals surface area contributed by atoms with E-state index in [0.29, 0.717) is 11.3 Å². The summed E-state index contributed by atoms with van der Waals surface area (Å²) in [5.74, 6) is -5.40. The highest BCUT2D eigenvalue weighted by Gasteiger charge is 2.24. The van der Waals surface area contributed by atoms with Gasteiger partial charge in [0.1, 0.15) is 5.82 Å². The summed E-state index contributed by atoms with van der Waals surface area (Å²) in [5, 5.41) is 18.4. The Bertz CT molecular complexity index is 1050. The first-order chi connectivity index (χ1) is 12.2. The normalized spacial score (nSPS) is 11.3. The average Bonchev–Trinajstić information content (AvgIpc) is 2.81. The van der Waals surface area contributed by atoms with Crippen LogP contribution in [0.2, 0.25) is 5.02 Å². The molecule has 3 rings (SSSR count). The number of carboxylic acids is 1. The summed E-state index contributed by atoms with van der Waals surface area (Å²) in [7, 11) is 0. The Morgan fingerprint density at radius 2 is 1.88 bits per heavy atom. The summed E-state index contributed by atoms with van der Waals surface area (Å²) >= 11 is 5.66. The lowest BCUT2D eigenvalue weighted by atomic mass is 10.1. The zero-order valence-electron chi connectivity index (χ0n) is 13.5. The fraction of sp³-hybridized carbons (Fsp3) is 0.167. The highest BCUT2D eigenvalue weighted by atomic mass is 35.5. The maximum Gasteiger partial charge on any atom is 0.307 e. The molecule has 2 aromatic carbocycles. The van der Waals surface area contributed by atoms with Gasteiger partial charge in [0, 0.05) is 23.7 Å². The molecule has 0 bridgehead atoms. The molecular weight excluding hydrogens is 371 g/mol. The molecule has 0 aliphatic carbocycles. The van der Waals surface area contributed by atoms with E-state index in [1.807, 2.05) is 0 Å². The van der Waals surface area contributed by atoms with Crippen molar-refractivity contribution < 1.29 is 28.2 Å². The highest BCUT2D eigenvalue weighted by Crippen LogP contribution is 2.35. The van der Waals surface area contributed by atoms with Crippen LogP contribution in [0.25, 0.3) is 10.9 Å². The van der Waals surface area contributed by atoms with Crippen LogP contribution in [0.1, 0.15) is 16.8 Å². The lowest BCUT2D eigenvalue weighted by Gasteiger charge is -2.10. The van der Waals surface area contributed by atoms with E-state index in [0.717, 1.165) is 6.07 Å². The van der Waals surface area contributed by atoms with Gasteiger partial charge >= 0.3 is 5.97 Å². The van der Waals surface area contributed by atoms with Gasteiger partial charge in [-0.25, -0.2) is 13.2 Å². The van der Waals surface area contributed by atoms with Crippen LogP contribution in [0.3, 0.4) is 0 Å². The Labute approximate surface area is 151 Å². The zero-order valence-corrected chi connectivity index (χ0v) is 14.2. The van der Waals surface area contributed by atoms with Crippen molar-refractivity contribution in [1.82, 2.24) is 4.57 Å². The Kier molecular flexibility index (Phi) is 4.58. The molecule has 2 N–H and O–H groups in total. The summed E-state index contributed by atoms with van der Waals surface area (Å²) in [6.07, 6.45) is -0.508. The Morgan fingerprint density at radius 3 is 2.50 bits per heavy atom. The first-order valence-corrected chi connectivity index (χ1v) is 7.92. The van der Waals surface area contributed by atoms with Gasteiger partial charge in [0.2, 0.25) is 0 Å². The van der Waals surface area contributed by atoms with E-state index in [2.05, 4.69) is 0 Å². The van der Waals surface area contributed by atoms with Crippen LogP contribution in [-0.4, -0.2) is 20.7 Å². The third-order valence-corrected chi connectivity index (χ3v) is 4.57. The molecule has 1 heterocycles. The minimum atomic E-state index is -1.22. The van der Waals surface area contributed by atoms with Gasteiger partial charge in [0.05, 0.1) is 17.0 Å². The molecule has 136 valence electrons. The maximum absolute atomic E-state index is 14.4. The molecule has 1 aromatic heterocycles. The van der Waals surface area contributed by atoms with Crippen LogP contribution < -0.4 is 0 Å². The predicted octanol–water partition coefficient (Wildman–Crippen LogP) is 4.40. The van der Waals surface area contributed by atoms with E-state index in [1.165, 1.54) is 16.7 Å². The molecule has 0 atom stereocenters. The maximum atomic E-state index is 14.4. The van der Waals surface area contributed by atoms with E-state index in [1.54, 1.807) is 13.0 Å². The Hall–Kier alpha value is -2.67. The molecule has 0 spiro atoms. The van der Waals surface area contributed by atoms with Gasteiger partial charge in [-0.15, -0.1) is 0 Å². The molecule has 0 radical (unpaired) electrons. The molecule has 0 aliphatic heterocycles. The summed E-state index contributed by atoms with van der Waals surface area (Å²) < 4.78 is 43.5. The van der Waals surface area contributed by atoms with Crippen LogP contribution in [0.5, 0.6) is 5.75 Å². The Morgan fingerprint density at radius 1 is 1.19 bits per heavy atom. The van der Waals surface area contributed by atoms with E-state index in [9.17, 15) is 23.1 Å². The molecule has 3 aromatic rings. The third kappa shape index (κ3) is 2.99. The van der Waals surface area contributed by atoms with E-state index in [-0.39, 0.29) is 28.0 Å². The van der Waals surface area contributed by atoms with Gasteiger partial charge in [0.15, 0.2) is 17.4 Å². The van der Waals surface area contributed by atoms with Crippen LogP contribution in [0.15, 0.2) is 24.3 Å². The van der Waals surface area contributed by atoms with Gasteiger partial charge in [-0.1, -0.05) is 17.7 Å². The molecule has 8 heteroatoms. The number of rotatable bonds is 4. The zero-order chi connectivity index (χ0) is 19.2. The smallest absolute Gasteiger partial charge is 0.307 e. The highest BCUT2D eigenvalue weighted by molar-refractivity contribution is 6.30. The molecular formula is C18H13ClF3NO3. The monoisotopic (exact) mass is 383 g/mol. The molecule has 0 saturated heterocycles. The average molecular weight is 384 g/mol. The second kappa shape index (κ2) is 6.57. The number of hydrogen-bond donors (Lipinski definition) is 2. The molecule has 26 heavy (non-hydrogen) atoms. The predicted molar refractivity (Wildman–Crippen MR) is 90.1 cm³/mol. The fourth-order valence-electron chi connectivity index (χ4n) is 3.01. The van der Waals surface area contributed by atoms with Crippen LogP contribution in [0.4, 0.5) is 13.2 Å². The summed E-state index contributed by atoms with van der Waals surface area (Å²) in [5.41, 5.74) is 1.04. The minimum Gasteiger partial charge on any atom is -0.503 e. The van der Waals surface area contributed by atoms with Crippen LogP contribution >= 0.6 is 11.6 Å². The molecule has 4 nitrogen and oxygen atoms in total. The quantitative estimate of drug-likeness (QED) is 0.702.